The highest BCUT2D eigenvalue weighted by Crippen LogP contribution is 2.31. The maximum atomic E-state index is 12.2. The molecule has 0 saturated carbocycles. The summed E-state index contributed by atoms with van der Waals surface area (Å²) in [6.07, 6.45) is -0.246. The van der Waals surface area contributed by atoms with E-state index in [4.69, 9.17) is 10.3 Å². The number of carbonyl (C=O) groups excluding carboxylic acids is 1. The van der Waals surface area contributed by atoms with Crippen LogP contribution in [0.4, 0.5) is 10.5 Å². The number of amides is 1. The zero-order chi connectivity index (χ0) is 19.5. The number of halogens is 1. The van der Waals surface area contributed by atoms with E-state index in [2.05, 4.69) is 43.6 Å². The molecule has 0 aromatic heterocycles. The molecule has 142 valence electrons. The molecule has 1 amide bonds. The molecule has 26 heavy (non-hydrogen) atoms. The molecular weight excluding hydrogens is 445 g/mol. The number of piperazine rings is 1. The monoisotopic (exact) mass is 471 g/mol. The smallest absolute Gasteiger partial charge is 0.410 e. The Bertz CT molecular complexity index is 730. The van der Waals surface area contributed by atoms with Gasteiger partial charge in [0.2, 0.25) is 0 Å². The van der Waals surface area contributed by atoms with Crippen molar-refractivity contribution in [2.24, 2.45) is 5.11 Å². The summed E-state index contributed by atoms with van der Waals surface area (Å²) < 4.78 is 6.54. The lowest BCUT2D eigenvalue weighted by molar-refractivity contribution is 0.0139. The van der Waals surface area contributed by atoms with Gasteiger partial charge in [-0.1, -0.05) is 5.11 Å². The van der Waals surface area contributed by atoms with Gasteiger partial charge in [0.15, 0.2) is 0 Å². The van der Waals surface area contributed by atoms with Gasteiger partial charge in [0.1, 0.15) is 5.60 Å². The molecule has 0 unspecified atom stereocenters. The zero-order valence-electron chi connectivity index (χ0n) is 16.0. The predicted molar refractivity (Wildman–Crippen MR) is 111 cm³/mol. The Labute approximate surface area is 168 Å². The van der Waals surface area contributed by atoms with Gasteiger partial charge in [-0.05, 0) is 85.5 Å². The summed E-state index contributed by atoms with van der Waals surface area (Å²) in [6.45, 7) is 13.3. The van der Waals surface area contributed by atoms with Gasteiger partial charge in [-0.15, -0.1) is 0 Å². The molecule has 0 N–H and O–H groups in total. The van der Waals surface area contributed by atoms with Gasteiger partial charge in [-0.2, -0.15) is 0 Å². The fourth-order valence-electron chi connectivity index (χ4n) is 2.93. The fourth-order valence-corrected chi connectivity index (χ4v) is 3.56. The van der Waals surface area contributed by atoms with Gasteiger partial charge in [0, 0.05) is 46.9 Å². The number of hydrogen-bond acceptors (Lipinski definition) is 4. The van der Waals surface area contributed by atoms with Crippen molar-refractivity contribution in [2.45, 2.75) is 46.8 Å². The van der Waals surface area contributed by atoms with Crippen LogP contribution in [-0.4, -0.2) is 47.7 Å². The summed E-state index contributed by atoms with van der Waals surface area (Å²) in [7, 11) is 0. The van der Waals surface area contributed by atoms with E-state index in [0.29, 0.717) is 13.1 Å². The summed E-state index contributed by atoms with van der Waals surface area (Å²) in [4.78, 5) is 19.2. The van der Waals surface area contributed by atoms with E-state index in [1.165, 1.54) is 0 Å². The van der Waals surface area contributed by atoms with E-state index in [1.807, 2.05) is 34.6 Å². The quantitative estimate of drug-likeness (QED) is 0.272. The maximum absolute atomic E-state index is 12.2. The molecule has 1 aliphatic rings. The van der Waals surface area contributed by atoms with Gasteiger partial charge in [-0.3, -0.25) is 4.90 Å². The van der Waals surface area contributed by atoms with Crippen molar-refractivity contribution in [1.29, 1.82) is 0 Å². The Hall–Kier alpha value is -1.51. The molecule has 0 atom stereocenters. The lowest BCUT2D eigenvalue weighted by atomic mass is 10.0. The third-order valence-corrected chi connectivity index (χ3v) is 5.53. The van der Waals surface area contributed by atoms with Crippen LogP contribution in [-0.2, 0) is 11.3 Å². The normalized spacial score (nSPS) is 15.5. The molecular formula is C18H26IN5O2. The average molecular weight is 471 g/mol. The Morgan fingerprint density at radius 2 is 1.88 bits per heavy atom. The standard InChI is InChI=1S/C18H26IN5O2/c1-12-14(10-15(19)13(2)16(12)21-22-20)11-23-6-8-24(9-7-23)17(25)26-18(3,4)5/h10H,6-9,11H2,1-5H3. The number of carbonyl (C=O) groups is 1. The van der Waals surface area contributed by atoms with Gasteiger partial charge >= 0.3 is 6.09 Å². The number of hydrogen-bond donors (Lipinski definition) is 0. The first-order valence-electron chi connectivity index (χ1n) is 8.66. The molecule has 1 aliphatic heterocycles. The first kappa shape index (κ1) is 20.8. The van der Waals surface area contributed by atoms with Crippen molar-refractivity contribution in [1.82, 2.24) is 9.80 Å². The van der Waals surface area contributed by atoms with Crippen LogP contribution in [0.25, 0.3) is 10.4 Å². The molecule has 0 spiro atoms. The summed E-state index contributed by atoms with van der Waals surface area (Å²) in [5.41, 5.74) is 12.3. The minimum Gasteiger partial charge on any atom is -0.444 e. The molecule has 1 fully saturated rings. The van der Waals surface area contributed by atoms with Gasteiger partial charge in [0.05, 0.1) is 0 Å². The molecule has 1 saturated heterocycles. The molecule has 7 nitrogen and oxygen atoms in total. The second-order valence-corrected chi connectivity index (χ2v) is 8.71. The Morgan fingerprint density at radius 1 is 1.27 bits per heavy atom. The second-order valence-electron chi connectivity index (χ2n) is 7.55. The van der Waals surface area contributed by atoms with Crippen molar-refractivity contribution in [2.75, 3.05) is 26.2 Å². The van der Waals surface area contributed by atoms with Gasteiger partial charge < -0.3 is 9.64 Å². The van der Waals surface area contributed by atoms with E-state index < -0.39 is 5.60 Å². The number of rotatable bonds is 3. The molecule has 2 rings (SSSR count). The van der Waals surface area contributed by atoms with Crippen LogP contribution in [0.15, 0.2) is 11.2 Å². The van der Waals surface area contributed by atoms with Crippen LogP contribution in [0.3, 0.4) is 0 Å². The van der Waals surface area contributed by atoms with Crippen LogP contribution in [0, 0.1) is 17.4 Å². The minimum atomic E-state index is -0.471. The van der Waals surface area contributed by atoms with E-state index in [1.54, 1.807) is 4.90 Å². The fraction of sp³-hybridized carbons (Fsp3) is 0.611. The average Bonchev–Trinajstić information content (AvgIpc) is 2.55. The highest BCUT2D eigenvalue weighted by atomic mass is 127. The highest BCUT2D eigenvalue weighted by Gasteiger charge is 2.26. The Kier molecular flexibility index (Phi) is 6.76. The molecule has 1 heterocycles. The summed E-state index contributed by atoms with van der Waals surface area (Å²) in [5, 5.41) is 3.88. The largest absolute Gasteiger partial charge is 0.444 e. The Balaban J connectivity index is 2.04. The van der Waals surface area contributed by atoms with Gasteiger partial charge in [0.25, 0.3) is 0 Å². The first-order valence-corrected chi connectivity index (χ1v) is 9.74. The molecule has 0 radical (unpaired) electrons. The second kappa shape index (κ2) is 8.45. The Morgan fingerprint density at radius 3 is 2.42 bits per heavy atom. The van der Waals surface area contributed by atoms with Crippen molar-refractivity contribution in [3.05, 3.63) is 36.8 Å². The van der Waals surface area contributed by atoms with Crippen LogP contribution in [0.1, 0.15) is 37.5 Å². The molecule has 0 aliphatic carbocycles. The van der Waals surface area contributed by atoms with Crippen LogP contribution >= 0.6 is 22.6 Å². The number of benzene rings is 1. The molecule has 0 bridgehead atoms. The number of azide groups is 1. The zero-order valence-corrected chi connectivity index (χ0v) is 18.2. The topological polar surface area (TPSA) is 81.5 Å². The van der Waals surface area contributed by atoms with Crippen molar-refractivity contribution in [3.8, 4) is 0 Å². The molecule has 1 aromatic carbocycles. The van der Waals surface area contributed by atoms with Crippen molar-refractivity contribution in [3.63, 3.8) is 0 Å². The third kappa shape index (κ3) is 5.25. The van der Waals surface area contributed by atoms with Crippen LogP contribution in [0.2, 0.25) is 0 Å². The maximum Gasteiger partial charge on any atom is 0.410 e. The number of ether oxygens (including phenoxy) is 1. The van der Waals surface area contributed by atoms with E-state index in [0.717, 1.165) is 45.6 Å². The van der Waals surface area contributed by atoms with Crippen LogP contribution < -0.4 is 0 Å². The van der Waals surface area contributed by atoms with Crippen molar-refractivity contribution < 1.29 is 9.53 Å². The molecule has 1 aromatic rings. The lowest BCUT2D eigenvalue weighted by Gasteiger charge is -2.36. The number of nitrogens with zero attached hydrogens (tertiary/aromatic N) is 5. The SMILES string of the molecule is Cc1c(I)cc(CN2CCN(C(=O)OC(C)(C)C)CC2)c(C)c1N=[N+]=[N-]. The summed E-state index contributed by atoms with van der Waals surface area (Å²) in [6, 6.07) is 2.15. The predicted octanol–water partition coefficient (Wildman–Crippen LogP) is 4.90. The lowest BCUT2D eigenvalue weighted by Crippen LogP contribution is -2.49. The van der Waals surface area contributed by atoms with E-state index in [-0.39, 0.29) is 6.09 Å². The minimum absolute atomic E-state index is 0.246. The summed E-state index contributed by atoms with van der Waals surface area (Å²) in [5.74, 6) is 0. The third-order valence-electron chi connectivity index (χ3n) is 4.41. The molecule has 8 heteroatoms. The van der Waals surface area contributed by atoms with Gasteiger partial charge in [-0.25, -0.2) is 4.79 Å². The van der Waals surface area contributed by atoms with E-state index >= 15 is 0 Å². The van der Waals surface area contributed by atoms with E-state index in [9.17, 15) is 4.79 Å². The first-order chi connectivity index (χ1) is 12.1. The highest BCUT2D eigenvalue weighted by molar-refractivity contribution is 14.1. The van der Waals surface area contributed by atoms with Crippen LogP contribution in [0.5, 0.6) is 0 Å². The van der Waals surface area contributed by atoms with Crippen molar-refractivity contribution >= 4 is 34.4 Å². The summed E-state index contributed by atoms with van der Waals surface area (Å²) >= 11 is 2.28.